The molecule has 3 saturated carbocycles. The van der Waals surface area contributed by atoms with E-state index in [1.54, 1.807) is 29.6 Å². The second-order valence-electron chi connectivity index (χ2n) is 6.38. The van der Waals surface area contributed by atoms with Gasteiger partial charge in [0.15, 0.2) is 0 Å². The van der Waals surface area contributed by atoms with Gasteiger partial charge in [-0.25, -0.2) is 0 Å². The fourth-order valence-corrected chi connectivity index (χ4v) is 3.96. The van der Waals surface area contributed by atoms with Gasteiger partial charge in [0.25, 0.3) is 0 Å². The first-order chi connectivity index (χ1) is 11.3. The zero-order valence-corrected chi connectivity index (χ0v) is 17.3. The van der Waals surface area contributed by atoms with Gasteiger partial charge in [-0.15, -0.1) is 0 Å². The van der Waals surface area contributed by atoms with Gasteiger partial charge in [-0.1, -0.05) is 25.0 Å². The predicted molar refractivity (Wildman–Crippen MR) is 94.4 cm³/mol. The molecule has 0 atom stereocenters. The first-order valence-electron chi connectivity index (χ1n) is 8.50. The van der Waals surface area contributed by atoms with Crippen LogP contribution in [0.15, 0.2) is 12.2 Å². The quantitative estimate of drug-likeness (QED) is 0.495. The minimum atomic E-state index is -0.826. The summed E-state index contributed by atoms with van der Waals surface area (Å²) in [6.45, 7) is 0. The van der Waals surface area contributed by atoms with Gasteiger partial charge in [-0.2, -0.15) is 0 Å². The third kappa shape index (κ3) is 4.89. The summed E-state index contributed by atoms with van der Waals surface area (Å²) in [5, 5.41) is 0. The third-order valence-electron chi connectivity index (χ3n) is 5.09. The summed E-state index contributed by atoms with van der Waals surface area (Å²) >= 11 is -0.826. The monoisotopic (exact) mass is 422 g/mol. The van der Waals surface area contributed by atoms with Crippen molar-refractivity contribution < 1.29 is 20.8 Å². The van der Waals surface area contributed by atoms with E-state index in [0.717, 1.165) is 0 Å². The van der Waals surface area contributed by atoms with Crippen molar-refractivity contribution in [3.63, 3.8) is 0 Å². The van der Waals surface area contributed by atoms with E-state index in [4.69, 9.17) is 17.0 Å². The minimum absolute atomic E-state index is 0.826. The van der Waals surface area contributed by atoms with Crippen molar-refractivity contribution in [3.05, 3.63) is 73.3 Å². The molecule has 120 valence electrons. The summed E-state index contributed by atoms with van der Waals surface area (Å²) in [6, 6.07) is 0. The Kier molecular flexibility index (Phi) is 8.07. The molecule has 3 fully saturated rings. The van der Waals surface area contributed by atoms with Crippen LogP contribution < -0.4 is 0 Å². The second-order valence-corrected chi connectivity index (χ2v) is 10.1. The number of halogens is 2. The van der Waals surface area contributed by atoms with Crippen LogP contribution in [0.1, 0.15) is 51.4 Å². The molecule has 10 radical (unpaired) electrons. The van der Waals surface area contributed by atoms with Gasteiger partial charge in [0, 0.05) is 5.92 Å². The van der Waals surface area contributed by atoms with E-state index < -0.39 is 20.8 Å². The summed E-state index contributed by atoms with van der Waals surface area (Å²) in [4.78, 5) is 0. The Hall–Kier alpha value is 1.20. The molecule has 0 heterocycles. The van der Waals surface area contributed by atoms with E-state index in [2.05, 4.69) is 37.8 Å². The van der Waals surface area contributed by atoms with Gasteiger partial charge in [-0.05, 0) is 93.8 Å². The van der Waals surface area contributed by atoms with Crippen LogP contribution in [-0.2, 0) is 20.8 Å². The Morgan fingerprint density at radius 2 is 1.52 bits per heavy atom. The van der Waals surface area contributed by atoms with E-state index in [1.807, 2.05) is 0 Å². The maximum atomic E-state index is 4.93. The fraction of sp³-hybridized carbons (Fsp3) is 0.400. The van der Waals surface area contributed by atoms with Crippen LogP contribution in [0.25, 0.3) is 0 Å². The molecule has 0 unspecified atom stereocenters. The molecule has 0 saturated heterocycles. The van der Waals surface area contributed by atoms with Gasteiger partial charge in [0.1, 0.15) is 0 Å². The standard InChI is InChI=1S/C20H22.2ClH.Zr/c1-3-7-19-15(5-1)9-11-17(19)13-14-18-12-10-16-6-2-4-8-20(16)18;;;/h3,7,9-12H,1-2,4-6,8,13-14H2;2*1H;/q;;;+2/p-2. The fourth-order valence-electron chi connectivity index (χ4n) is 3.96. The first kappa shape index (κ1) is 19.0. The maximum absolute atomic E-state index is 4.93. The first-order valence-corrected chi connectivity index (χ1v) is 14.8. The Morgan fingerprint density at radius 3 is 2.39 bits per heavy atom. The van der Waals surface area contributed by atoms with Crippen LogP contribution in [0.5, 0.6) is 0 Å². The molecule has 0 amide bonds. The summed E-state index contributed by atoms with van der Waals surface area (Å²) in [7, 11) is 9.87. The summed E-state index contributed by atoms with van der Waals surface area (Å²) in [6.07, 6.45) is 24.4. The van der Waals surface area contributed by atoms with Gasteiger partial charge < -0.3 is 0 Å². The van der Waals surface area contributed by atoms with Gasteiger partial charge in [-0.3, -0.25) is 0 Å². The molecule has 3 heteroatoms. The van der Waals surface area contributed by atoms with E-state index >= 15 is 0 Å². The van der Waals surface area contributed by atoms with Crippen LogP contribution in [0.2, 0.25) is 0 Å². The Balaban J connectivity index is 0.000000485. The van der Waals surface area contributed by atoms with Crippen molar-refractivity contribution in [1.82, 2.24) is 0 Å². The average molecular weight is 425 g/mol. The molecule has 0 aromatic heterocycles. The van der Waals surface area contributed by atoms with Gasteiger partial charge >= 0.3 is 37.9 Å². The topological polar surface area (TPSA) is 0 Å². The van der Waals surface area contributed by atoms with Crippen molar-refractivity contribution in [3.8, 4) is 0 Å². The molecule has 23 heavy (non-hydrogen) atoms. The zero-order chi connectivity index (χ0) is 16.1. The number of hydrogen-bond donors (Lipinski definition) is 0. The van der Waals surface area contributed by atoms with Crippen LogP contribution in [0.4, 0.5) is 0 Å². The summed E-state index contributed by atoms with van der Waals surface area (Å²) < 4.78 is 0. The average Bonchev–Trinajstić information content (AvgIpc) is 3.18. The summed E-state index contributed by atoms with van der Waals surface area (Å²) in [5.41, 5.74) is 0. The molecule has 0 N–H and O–H groups in total. The molecule has 0 aromatic carbocycles. The normalized spacial score (nSPS) is 27.6. The summed E-state index contributed by atoms with van der Waals surface area (Å²) in [5.74, 6) is 9.59. The number of fused-ring (bicyclic) bond motifs is 2. The Bertz CT molecular complexity index is 384. The van der Waals surface area contributed by atoms with Gasteiger partial charge in [0.2, 0.25) is 0 Å². The van der Waals surface area contributed by atoms with E-state index in [1.165, 1.54) is 57.3 Å². The predicted octanol–water partition coefficient (Wildman–Crippen LogP) is 6.36. The van der Waals surface area contributed by atoms with Crippen LogP contribution in [-0.4, -0.2) is 0 Å². The molecule has 0 spiro atoms. The van der Waals surface area contributed by atoms with Crippen molar-refractivity contribution >= 4 is 17.0 Å². The Labute approximate surface area is 161 Å². The molecule has 4 aliphatic rings. The SMILES string of the molecule is [CH]1[CH][C](CC[C]2[CH][CH][C]3CCCC[C]32)[C]2C=CCC[C]12.[Cl][Zr][Cl]. The van der Waals surface area contributed by atoms with Crippen molar-refractivity contribution in [2.45, 2.75) is 51.4 Å². The van der Waals surface area contributed by atoms with E-state index in [0.29, 0.717) is 0 Å². The third-order valence-corrected chi connectivity index (χ3v) is 5.09. The molecule has 0 aromatic rings. The van der Waals surface area contributed by atoms with E-state index in [9.17, 15) is 0 Å². The number of allylic oxidation sites excluding steroid dienone is 2. The van der Waals surface area contributed by atoms with Gasteiger partial charge in [0.05, 0.1) is 0 Å². The molecule has 4 rings (SSSR count). The van der Waals surface area contributed by atoms with Crippen LogP contribution in [0.3, 0.4) is 0 Å². The van der Waals surface area contributed by atoms with Crippen LogP contribution in [0, 0.1) is 61.2 Å². The van der Waals surface area contributed by atoms with Crippen molar-refractivity contribution in [2.75, 3.05) is 0 Å². The Morgan fingerprint density at radius 1 is 0.826 bits per heavy atom. The molecule has 4 aliphatic carbocycles. The number of rotatable bonds is 3. The molecular weight excluding hydrogens is 402 g/mol. The van der Waals surface area contributed by atoms with Crippen molar-refractivity contribution in [1.29, 1.82) is 0 Å². The number of hydrogen-bond acceptors (Lipinski definition) is 0. The molecule has 0 aliphatic heterocycles. The molecule has 0 nitrogen and oxygen atoms in total. The van der Waals surface area contributed by atoms with Crippen molar-refractivity contribution in [2.24, 2.45) is 0 Å². The zero-order valence-electron chi connectivity index (χ0n) is 13.4. The molecular formula is C20H22Cl2Zr. The van der Waals surface area contributed by atoms with Crippen LogP contribution >= 0.6 is 17.0 Å². The van der Waals surface area contributed by atoms with E-state index in [-0.39, 0.29) is 0 Å². The second kappa shape index (κ2) is 9.78. The molecule has 0 bridgehead atoms.